The minimum absolute atomic E-state index is 0.0919. The molecule has 1 fully saturated rings. The maximum atomic E-state index is 12.6. The lowest BCUT2D eigenvalue weighted by Gasteiger charge is -2.46. The van der Waals surface area contributed by atoms with E-state index in [0.29, 0.717) is 0 Å². The van der Waals surface area contributed by atoms with Crippen LogP contribution in [0.4, 0.5) is 13.2 Å². The number of rotatable bonds is 2. The van der Waals surface area contributed by atoms with Crippen molar-refractivity contribution in [2.45, 2.75) is 57.3 Å². The van der Waals surface area contributed by atoms with Crippen molar-refractivity contribution in [3.05, 3.63) is 29.6 Å². The van der Waals surface area contributed by atoms with Crippen molar-refractivity contribution in [3.63, 3.8) is 0 Å². The summed E-state index contributed by atoms with van der Waals surface area (Å²) in [6.45, 7) is 7.09. The zero-order chi connectivity index (χ0) is 16.5. The van der Waals surface area contributed by atoms with E-state index in [9.17, 15) is 18.3 Å². The van der Waals surface area contributed by atoms with Gasteiger partial charge in [0.1, 0.15) is 5.69 Å². The number of alkyl halides is 3. The van der Waals surface area contributed by atoms with Crippen LogP contribution in [0.3, 0.4) is 0 Å². The molecule has 0 amide bonds. The quantitative estimate of drug-likeness (QED) is 0.908. The number of piperidine rings is 1. The van der Waals surface area contributed by atoms with Crippen LogP contribution in [0.5, 0.6) is 0 Å². The largest absolute Gasteiger partial charge is 0.433 e. The Balaban J connectivity index is 2.16. The lowest BCUT2D eigenvalue weighted by atomic mass is 9.85. The second kappa shape index (κ2) is 6.16. The lowest BCUT2D eigenvalue weighted by molar-refractivity contribution is -0.141. The Morgan fingerprint density at radius 3 is 2.36 bits per heavy atom. The van der Waals surface area contributed by atoms with Crippen molar-refractivity contribution >= 4 is 0 Å². The van der Waals surface area contributed by atoms with Gasteiger partial charge in [-0.25, -0.2) is 0 Å². The van der Waals surface area contributed by atoms with Crippen molar-refractivity contribution in [3.8, 4) is 0 Å². The van der Waals surface area contributed by atoms with Crippen LogP contribution in [-0.2, 0) is 6.18 Å². The van der Waals surface area contributed by atoms with Crippen LogP contribution >= 0.6 is 0 Å². The molecular formula is C16H23F3N2O. The number of nitrogens with zero attached hydrogens (tertiary/aromatic N) is 2. The Labute approximate surface area is 129 Å². The summed E-state index contributed by atoms with van der Waals surface area (Å²) in [5.74, 6) is 0.150. The molecule has 2 unspecified atom stereocenters. The Bertz CT molecular complexity index is 494. The van der Waals surface area contributed by atoms with Gasteiger partial charge in [-0.3, -0.25) is 9.88 Å². The van der Waals surface area contributed by atoms with Crippen LogP contribution < -0.4 is 0 Å². The van der Waals surface area contributed by atoms with Gasteiger partial charge in [0.25, 0.3) is 0 Å². The van der Waals surface area contributed by atoms with E-state index in [4.69, 9.17) is 0 Å². The van der Waals surface area contributed by atoms with Gasteiger partial charge in [0.15, 0.2) is 0 Å². The van der Waals surface area contributed by atoms with E-state index in [-0.39, 0.29) is 24.1 Å². The molecule has 6 heteroatoms. The molecule has 0 aromatic carbocycles. The van der Waals surface area contributed by atoms with Gasteiger partial charge in [-0.1, -0.05) is 6.07 Å². The SMILES string of the molecule is CC(C)(C)N1CC(c2ccc(C(F)(F)F)nc2)CCC1CO. The van der Waals surface area contributed by atoms with Gasteiger partial charge in [-0.15, -0.1) is 0 Å². The molecule has 2 rings (SSSR count). The molecule has 1 N–H and O–H groups in total. The summed E-state index contributed by atoms with van der Waals surface area (Å²) in [6.07, 6.45) is -1.37. The Morgan fingerprint density at radius 1 is 1.23 bits per heavy atom. The van der Waals surface area contributed by atoms with Gasteiger partial charge in [0.05, 0.1) is 6.61 Å². The first-order valence-electron chi connectivity index (χ1n) is 7.53. The number of likely N-dealkylation sites (tertiary alicyclic amines) is 1. The lowest BCUT2D eigenvalue weighted by Crippen LogP contribution is -2.53. The third-order valence-corrected chi connectivity index (χ3v) is 4.33. The number of pyridine rings is 1. The van der Waals surface area contributed by atoms with E-state index in [2.05, 4.69) is 30.7 Å². The van der Waals surface area contributed by atoms with Gasteiger partial charge < -0.3 is 5.11 Å². The van der Waals surface area contributed by atoms with Crippen molar-refractivity contribution in [2.24, 2.45) is 0 Å². The Hall–Kier alpha value is -1.14. The molecule has 2 atom stereocenters. The molecule has 1 saturated heterocycles. The molecule has 1 aromatic heterocycles. The zero-order valence-electron chi connectivity index (χ0n) is 13.2. The molecule has 1 aromatic rings. The second-order valence-corrected chi connectivity index (χ2v) is 6.91. The first-order valence-corrected chi connectivity index (χ1v) is 7.53. The molecule has 3 nitrogen and oxygen atoms in total. The maximum absolute atomic E-state index is 12.6. The van der Waals surface area contributed by atoms with Gasteiger partial charge in [-0.05, 0) is 51.2 Å². The maximum Gasteiger partial charge on any atom is 0.433 e. The summed E-state index contributed by atoms with van der Waals surface area (Å²) in [5.41, 5.74) is -0.114. The van der Waals surface area contributed by atoms with E-state index in [1.54, 1.807) is 0 Å². The van der Waals surface area contributed by atoms with E-state index in [1.165, 1.54) is 12.3 Å². The summed E-state index contributed by atoms with van der Waals surface area (Å²) < 4.78 is 37.7. The molecular weight excluding hydrogens is 293 g/mol. The third kappa shape index (κ3) is 3.79. The van der Waals surface area contributed by atoms with Gasteiger partial charge in [0.2, 0.25) is 0 Å². The van der Waals surface area contributed by atoms with E-state index < -0.39 is 11.9 Å². The van der Waals surface area contributed by atoms with E-state index >= 15 is 0 Å². The number of halogens is 3. The number of hydrogen-bond donors (Lipinski definition) is 1. The van der Waals surface area contributed by atoms with Gasteiger partial charge in [0, 0.05) is 24.3 Å². The molecule has 0 bridgehead atoms. The van der Waals surface area contributed by atoms with E-state index in [1.807, 2.05) is 0 Å². The molecule has 2 heterocycles. The summed E-state index contributed by atoms with van der Waals surface area (Å²) in [7, 11) is 0. The molecule has 0 aliphatic carbocycles. The molecule has 1 aliphatic heterocycles. The van der Waals surface area contributed by atoms with Crippen LogP contribution in [0, 0.1) is 0 Å². The smallest absolute Gasteiger partial charge is 0.395 e. The van der Waals surface area contributed by atoms with Crippen molar-refractivity contribution in [1.82, 2.24) is 9.88 Å². The molecule has 0 saturated carbocycles. The summed E-state index contributed by atoms with van der Waals surface area (Å²) >= 11 is 0. The van der Waals surface area contributed by atoms with E-state index in [0.717, 1.165) is 31.0 Å². The summed E-state index contributed by atoms with van der Waals surface area (Å²) in [4.78, 5) is 5.79. The summed E-state index contributed by atoms with van der Waals surface area (Å²) in [5, 5.41) is 9.53. The van der Waals surface area contributed by atoms with Crippen LogP contribution in [0.1, 0.15) is 50.8 Å². The highest BCUT2D eigenvalue weighted by atomic mass is 19.4. The molecule has 0 radical (unpaired) electrons. The highest BCUT2D eigenvalue weighted by Gasteiger charge is 2.36. The minimum Gasteiger partial charge on any atom is -0.395 e. The Kier molecular flexibility index (Phi) is 4.82. The zero-order valence-corrected chi connectivity index (χ0v) is 13.2. The molecule has 22 heavy (non-hydrogen) atoms. The number of aliphatic hydroxyl groups is 1. The van der Waals surface area contributed by atoms with Gasteiger partial charge in [-0.2, -0.15) is 13.2 Å². The van der Waals surface area contributed by atoms with Crippen LogP contribution in [0.15, 0.2) is 18.3 Å². The third-order valence-electron chi connectivity index (χ3n) is 4.33. The fourth-order valence-electron chi connectivity index (χ4n) is 3.13. The average molecular weight is 316 g/mol. The molecule has 124 valence electrons. The standard InChI is InChI=1S/C16H23F3N2O/c1-15(2,3)21-9-12(4-6-13(21)10-22)11-5-7-14(20-8-11)16(17,18)19/h5,7-8,12-13,22H,4,6,9-10H2,1-3H3. The van der Waals surface area contributed by atoms with Crippen molar-refractivity contribution < 1.29 is 18.3 Å². The van der Waals surface area contributed by atoms with Crippen LogP contribution in [0.2, 0.25) is 0 Å². The van der Waals surface area contributed by atoms with Crippen LogP contribution in [-0.4, -0.2) is 39.7 Å². The normalized spacial score (nSPS) is 24.5. The van der Waals surface area contributed by atoms with Crippen molar-refractivity contribution in [2.75, 3.05) is 13.2 Å². The van der Waals surface area contributed by atoms with Gasteiger partial charge >= 0.3 is 6.18 Å². The predicted octanol–water partition coefficient (Wildman–Crippen LogP) is 3.44. The monoisotopic (exact) mass is 316 g/mol. The first kappa shape index (κ1) is 17.2. The van der Waals surface area contributed by atoms with Crippen molar-refractivity contribution in [1.29, 1.82) is 0 Å². The first-order chi connectivity index (χ1) is 10.1. The van der Waals surface area contributed by atoms with Crippen LogP contribution in [0.25, 0.3) is 0 Å². The number of aromatic nitrogens is 1. The predicted molar refractivity (Wildman–Crippen MR) is 78.5 cm³/mol. The number of aliphatic hydroxyl groups excluding tert-OH is 1. The highest BCUT2D eigenvalue weighted by Crippen LogP contribution is 2.35. The highest BCUT2D eigenvalue weighted by molar-refractivity contribution is 5.21. The fourth-order valence-corrected chi connectivity index (χ4v) is 3.13. The fraction of sp³-hybridized carbons (Fsp3) is 0.688. The average Bonchev–Trinajstić information content (AvgIpc) is 2.45. The summed E-state index contributed by atoms with van der Waals surface area (Å²) in [6, 6.07) is 2.69. The Morgan fingerprint density at radius 2 is 1.91 bits per heavy atom. The molecule has 0 spiro atoms. The minimum atomic E-state index is -4.40. The topological polar surface area (TPSA) is 36.4 Å². The second-order valence-electron chi connectivity index (χ2n) is 6.91. The molecule has 1 aliphatic rings. The number of hydrogen-bond acceptors (Lipinski definition) is 3.